The Kier molecular flexibility index (Phi) is 4.78. The third kappa shape index (κ3) is 4.44. The molecule has 0 radical (unpaired) electrons. The zero-order chi connectivity index (χ0) is 11.3. The molecule has 0 aromatic carbocycles. The Bertz CT molecular complexity index is 282. The molecule has 86 valence electrons. The first-order chi connectivity index (χ1) is 7.11. The third-order valence-electron chi connectivity index (χ3n) is 2.65. The van der Waals surface area contributed by atoms with Crippen LogP contribution in [0.1, 0.15) is 18.9 Å². The van der Waals surface area contributed by atoms with Crippen LogP contribution < -0.4 is 5.32 Å². The van der Waals surface area contributed by atoms with Crippen LogP contribution in [0.4, 0.5) is 0 Å². The Morgan fingerprint density at radius 1 is 1.60 bits per heavy atom. The van der Waals surface area contributed by atoms with E-state index in [-0.39, 0.29) is 0 Å². The average Bonchev–Trinajstić information content (AvgIpc) is 2.60. The van der Waals surface area contributed by atoms with Crippen molar-refractivity contribution in [3.8, 4) is 0 Å². The molecule has 0 saturated carbocycles. The Morgan fingerprint density at radius 3 is 2.87 bits per heavy atom. The second-order valence-corrected chi connectivity index (χ2v) is 4.24. The molecule has 1 heterocycles. The highest BCUT2D eigenvalue weighted by Gasteiger charge is 2.04. The second kappa shape index (κ2) is 5.88. The molecule has 1 aromatic rings. The van der Waals surface area contributed by atoms with Gasteiger partial charge in [-0.05, 0) is 34.0 Å². The molecule has 15 heavy (non-hydrogen) atoms. The van der Waals surface area contributed by atoms with E-state index in [1.165, 1.54) is 12.0 Å². The van der Waals surface area contributed by atoms with Gasteiger partial charge in [0.05, 0.1) is 6.20 Å². The smallest absolute Gasteiger partial charge is 0.0534 e. The maximum Gasteiger partial charge on any atom is 0.0534 e. The maximum atomic E-state index is 4.16. The molecule has 0 amide bonds. The van der Waals surface area contributed by atoms with Gasteiger partial charge in [-0.3, -0.25) is 4.68 Å². The fourth-order valence-electron chi connectivity index (χ4n) is 1.50. The fraction of sp³-hybridized carbons (Fsp3) is 0.727. The van der Waals surface area contributed by atoms with Crippen molar-refractivity contribution in [2.75, 3.05) is 20.6 Å². The van der Waals surface area contributed by atoms with Gasteiger partial charge in [-0.2, -0.15) is 5.10 Å². The molecule has 4 nitrogen and oxygen atoms in total. The van der Waals surface area contributed by atoms with Crippen molar-refractivity contribution in [2.24, 2.45) is 7.05 Å². The topological polar surface area (TPSA) is 33.1 Å². The summed E-state index contributed by atoms with van der Waals surface area (Å²) in [7, 11) is 6.10. The molecule has 4 heteroatoms. The minimum atomic E-state index is 0.585. The number of hydrogen-bond donors (Lipinski definition) is 1. The first kappa shape index (κ1) is 12.2. The minimum Gasteiger partial charge on any atom is -0.317 e. The molecule has 0 aliphatic rings. The lowest BCUT2D eigenvalue weighted by molar-refractivity contribution is 0.307. The molecule has 0 aliphatic heterocycles. The molecule has 0 spiro atoms. The Balaban J connectivity index is 2.27. The van der Waals surface area contributed by atoms with Crippen molar-refractivity contribution >= 4 is 0 Å². The predicted molar refractivity (Wildman–Crippen MR) is 62.7 cm³/mol. The summed E-state index contributed by atoms with van der Waals surface area (Å²) in [5.74, 6) is 0. The first-order valence-electron chi connectivity index (χ1n) is 5.45. The van der Waals surface area contributed by atoms with Crippen LogP contribution in [0.3, 0.4) is 0 Å². The molecule has 1 rings (SSSR count). The molecule has 0 fully saturated rings. The van der Waals surface area contributed by atoms with Gasteiger partial charge < -0.3 is 10.2 Å². The van der Waals surface area contributed by atoms with Crippen LogP contribution in [0.15, 0.2) is 12.4 Å². The van der Waals surface area contributed by atoms with Gasteiger partial charge >= 0.3 is 0 Å². The predicted octanol–water partition coefficient (Wildman–Crippen LogP) is 0.850. The number of hydrogen-bond acceptors (Lipinski definition) is 3. The molecule has 1 N–H and O–H groups in total. The quantitative estimate of drug-likeness (QED) is 0.755. The lowest BCUT2D eigenvalue weighted by atomic mass is 10.2. The van der Waals surface area contributed by atoms with Crippen LogP contribution in [0.5, 0.6) is 0 Å². The Labute approximate surface area is 92.3 Å². The summed E-state index contributed by atoms with van der Waals surface area (Å²) >= 11 is 0. The van der Waals surface area contributed by atoms with Crippen LogP contribution in [0, 0.1) is 0 Å². The summed E-state index contributed by atoms with van der Waals surface area (Å²) in [4.78, 5) is 2.32. The van der Waals surface area contributed by atoms with Gasteiger partial charge in [0.25, 0.3) is 0 Å². The van der Waals surface area contributed by atoms with Crippen molar-refractivity contribution in [1.82, 2.24) is 20.0 Å². The summed E-state index contributed by atoms with van der Waals surface area (Å²) in [6, 6.07) is 0.585. The molecular formula is C11H22N4. The highest BCUT2D eigenvalue weighted by atomic mass is 15.2. The van der Waals surface area contributed by atoms with Crippen LogP contribution in [0.25, 0.3) is 0 Å². The van der Waals surface area contributed by atoms with E-state index in [4.69, 9.17) is 0 Å². The molecule has 0 saturated heterocycles. The summed E-state index contributed by atoms with van der Waals surface area (Å²) in [6.45, 7) is 4.29. The zero-order valence-electron chi connectivity index (χ0n) is 10.2. The van der Waals surface area contributed by atoms with Crippen molar-refractivity contribution in [3.05, 3.63) is 18.0 Å². The van der Waals surface area contributed by atoms with E-state index in [9.17, 15) is 0 Å². The molecule has 1 atom stereocenters. The van der Waals surface area contributed by atoms with Crippen molar-refractivity contribution < 1.29 is 0 Å². The van der Waals surface area contributed by atoms with Gasteiger partial charge in [0.1, 0.15) is 0 Å². The van der Waals surface area contributed by atoms with Gasteiger partial charge in [0, 0.05) is 31.4 Å². The third-order valence-corrected chi connectivity index (χ3v) is 2.65. The van der Waals surface area contributed by atoms with Crippen molar-refractivity contribution in [1.29, 1.82) is 0 Å². The normalized spacial score (nSPS) is 13.4. The minimum absolute atomic E-state index is 0.585. The largest absolute Gasteiger partial charge is 0.317 e. The highest BCUT2D eigenvalue weighted by molar-refractivity contribution is 5.02. The van der Waals surface area contributed by atoms with Gasteiger partial charge in [0.15, 0.2) is 0 Å². The van der Waals surface area contributed by atoms with Gasteiger partial charge in [0.2, 0.25) is 0 Å². The van der Waals surface area contributed by atoms with Gasteiger partial charge in [-0.25, -0.2) is 0 Å². The zero-order valence-corrected chi connectivity index (χ0v) is 10.2. The maximum absolute atomic E-state index is 4.16. The average molecular weight is 210 g/mol. The van der Waals surface area contributed by atoms with E-state index in [0.717, 1.165) is 13.1 Å². The number of nitrogens with one attached hydrogen (secondary N) is 1. The van der Waals surface area contributed by atoms with Crippen LogP contribution >= 0.6 is 0 Å². The van der Waals surface area contributed by atoms with Gasteiger partial charge in [-0.15, -0.1) is 0 Å². The molecule has 1 unspecified atom stereocenters. The number of aromatic nitrogens is 2. The fourth-order valence-corrected chi connectivity index (χ4v) is 1.50. The summed E-state index contributed by atoms with van der Waals surface area (Å²) in [6.07, 6.45) is 5.17. The first-order valence-corrected chi connectivity index (χ1v) is 5.45. The number of aryl methyl sites for hydroxylation is 1. The second-order valence-electron chi connectivity index (χ2n) is 4.24. The lowest BCUT2D eigenvalue weighted by Crippen LogP contribution is -2.28. The molecular weight excluding hydrogens is 188 g/mol. The SMILES string of the molecule is CNC(C)CCN(C)Cc1cnn(C)c1. The van der Waals surface area contributed by atoms with Crippen molar-refractivity contribution in [2.45, 2.75) is 25.9 Å². The van der Waals surface area contributed by atoms with Gasteiger partial charge in [-0.1, -0.05) is 0 Å². The van der Waals surface area contributed by atoms with Crippen LogP contribution in [0.2, 0.25) is 0 Å². The molecule has 0 aliphatic carbocycles. The van der Waals surface area contributed by atoms with E-state index >= 15 is 0 Å². The monoisotopic (exact) mass is 210 g/mol. The molecule has 0 bridgehead atoms. The Morgan fingerprint density at radius 2 is 2.33 bits per heavy atom. The summed E-state index contributed by atoms with van der Waals surface area (Å²) < 4.78 is 1.85. The van der Waals surface area contributed by atoms with E-state index in [2.05, 4.69) is 35.5 Å². The van der Waals surface area contributed by atoms with E-state index < -0.39 is 0 Å². The highest BCUT2D eigenvalue weighted by Crippen LogP contribution is 2.02. The van der Waals surface area contributed by atoms with Crippen LogP contribution in [-0.2, 0) is 13.6 Å². The lowest BCUT2D eigenvalue weighted by Gasteiger charge is -2.18. The van der Waals surface area contributed by atoms with E-state index in [0.29, 0.717) is 6.04 Å². The van der Waals surface area contributed by atoms with Crippen molar-refractivity contribution in [3.63, 3.8) is 0 Å². The number of nitrogens with zero attached hydrogens (tertiary/aromatic N) is 3. The van der Waals surface area contributed by atoms with Crippen LogP contribution in [-0.4, -0.2) is 41.4 Å². The molecule has 1 aromatic heterocycles. The summed E-state index contributed by atoms with van der Waals surface area (Å²) in [5, 5.41) is 7.40. The number of rotatable bonds is 6. The van der Waals surface area contributed by atoms with E-state index in [1.807, 2.05) is 25.0 Å². The van der Waals surface area contributed by atoms with E-state index in [1.54, 1.807) is 0 Å². The standard InChI is InChI=1S/C11H22N4/c1-10(12-2)5-6-14(3)8-11-7-13-15(4)9-11/h7,9-10,12H,5-6,8H2,1-4H3. The summed E-state index contributed by atoms with van der Waals surface area (Å²) in [5.41, 5.74) is 1.28. The Hall–Kier alpha value is -0.870.